The van der Waals surface area contributed by atoms with Crippen LogP contribution in [0.15, 0.2) is 28.7 Å². The minimum Gasteiger partial charge on any atom is -0.444 e. The molecule has 0 fully saturated rings. The van der Waals surface area contributed by atoms with Gasteiger partial charge >= 0.3 is 0 Å². The van der Waals surface area contributed by atoms with Crippen LogP contribution in [0, 0.1) is 5.92 Å². The number of hydrogen-bond acceptors (Lipinski definition) is 3. The van der Waals surface area contributed by atoms with Crippen LogP contribution in [0.4, 0.5) is 0 Å². The van der Waals surface area contributed by atoms with Crippen LogP contribution in [0.1, 0.15) is 19.4 Å². The molecule has 1 aromatic heterocycles. The van der Waals surface area contributed by atoms with E-state index in [0.717, 1.165) is 29.7 Å². The van der Waals surface area contributed by atoms with Crippen molar-refractivity contribution in [3.8, 4) is 0 Å². The highest BCUT2D eigenvalue weighted by atomic mass is 35.5. The SMILES string of the molecule is CC(C)COCCNCc1c(Cl)oc2ccccc12. The highest BCUT2D eigenvalue weighted by Gasteiger charge is 2.10. The van der Waals surface area contributed by atoms with Gasteiger partial charge in [0.1, 0.15) is 5.58 Å². The van der Waals surface area contributed by atoms with Gasteiger partial charge in [0.15, 0.2) is 5.22 Å². The standard InChI is InChI=1S/C15H20ClNO2/c1-11(2)10-18-8-7-17-9-13-12-5-3-4-6-14(12)19-15(13)16/h3-6,11,17H,7-10H2,1-2H3. The predicted octanol–water partition coefficient (Wildman–Crippen LogP) is 3.85. The Morgan fingerprint density at radius 2 is 2.11 bits per heavy atom. The quantitative estimate of drug-likeness (QED) is 0.783. The van der Waals surface area contributed by atoms with Crippen molar-refractivity contribution in [2.75, 3.05) is 19.8 Å². The molecule has 0 unspecified atom stereocenters. The number of nitrogens with one attached hydrogen (secondary N) is 1. The number of ether oxygens (including phenoxy) is 1. The second-order valence-electron chi connectivity index (χ2n) is 5.00. The summed E-state index contributed by atoms with van der Waals surface area (Å²) in [5.74, 6) is 0.576. The molecule has 2 rings (SSSR count). The molecule has 0 amide bonds. The normalized spacial score (nSPS) is 11.6. The van der Waals surface area contributed by atoms with E-state index in [-0.39, 0.29) is 0 Å². The van der Waals surface area contributed by atoms with E-state index >= 15 is 0 Å². The zero-order valence-electron chi connectivity index (χ0n) is 11.4. The van der Waals surface area contributed by atoms with Gasteiger partial charge in [0.05, 0.1) is 6.61 Å². The molecule has 1 aromatic carbocycles. The predicted molar refractivity (Wildman–Crippen MR) is 78.6 cm³/mol. The summed E-state index contributed by atoms with van der Waals surface area (Å²) in [5, 5.41) is 4.87. The molecular weight excluding hydrogens is 262 g/mol. The molecule has 2 aromatic rings. The van der Waals surface area contributed by atoms with E-state index in [9.17, 15) is 0 Å². The van der Waals surface area contributed by atoms with Crippen molar-refractivity contribution in [2.45, 2.75) is 20.4 Å². The van der Waals surface area contributed by atoms with Crippen LogP contribution in [0.5, 0.6) is 0 Å². The first kappa shape index (κ1) is 14.4. The molecule has 0 aliphatic rings. The van der Waals surface area contributed by atoms with E-state index < -0.39 is 0 Å². The van der Waals surface area contributed by atoms with E-state index in [2.05, 4.69) is 19.2 Å². The summed E-state index contributed by atoms with van der Waals surface area (Å²) in [6.07, 6.45) is 0. The lowest BCUT2D eigenvalue weighted by Gasteiger charge is -2.07. The third kappa shape index (κ3) is 3.96. The van der Waals surface area contributed by atoms with Gasteiger partial charge in [0.25, 0.3) is 0 Å². The topological polar surface area (TPSA) is 34.4 Å². The minimum absolute atomic E-state index is 0.469. The fourth-order valence-corrected chi connectivity index (χ4v) is 2.16. The third-order valence-corrected chi connectivity index (χ3v) is 3.13. The molecule has 0 saturated heterocycles. The first-order valence-corrected chi connectivity index (χ1v) is 7.00. The zero-order valence-corrected chi connectivity index (χ0v) is 12.2. The zero-order chi connectivity index (χ0) is 13.7. The number of para-hydroxylation sites is 1. The van der Waals surface area contributed by atoms with Gasteiger partial charge in [-0.25, -0.2) is 0 Å². The van der Waals surface area contributed by atoms with E-state index in [0.29, 0.717) is 24.3 Å². The number of hydrogen-bond donors (Lipinski definition) is 1. The van der Waals surface area contributed by atoms with Gasteiger partial charge in [-0.15, -0.1) is 0 Å². The summed E-state index contributed by atoms with van der Waals surface area (Å²) in [7, 11) is 0. The largest absolute Gasteiger partial charge is 0.444 e. The Morgan fingerprint density at radius 1 is 1.32 bits per heavy atom. The van der Waals surface area contributed by atoms with Crippen LogP contribution in [-0.4, -0.2) is 19.8 Å². The fourth-order valence-electron chi connectivity index (χ4n) is 1.91. The summed E-state index contributed by atoms with van der Waals surface area (Å²) >= 11 is 6.11. The summed E-state index contributed by atoms with van der Waals surface area (Å²) < 4.78 is 11.0. The second kappa shape index (κ2) is 6.94. The first-order valence-electron chi connectivity index (χ1n) is 6.63. The molecule has 1 heterocycles. The molecule has 104 valence electrons. The molecule has 19 heavy (non-hydrogen) atoms. The Morgan fingerprint density at radius 3 is 2.89 bits per heavy atom. The van der Waals surface area contributed by atoms with Gasteiger partial charge in [-0.3, -0.25) is 0 Å². The van der Waals surface area contributed by atoms with Gasteiger partial charge in [0, 0.05) is 30.6 Å². The van der Waals surface area contributed by atoms with Gasteiger partial charge in [-0.05, 0) is 23.6 Å². The summed E-state index contributed by atoms with van der Waals surface area (Å²) in [4.78, 5) is 0. The Balaban J connectivity index is 1.83. The minimum atomic E-state index is 0.469. The Hall–Kier alpha value is -1.03. The maximum Gasteiger partial charge on any atom is 0.199 e. The van der Waals surface area contributed by atoms with Crippen molar-refractivity contribution in [1.82, 2.24) is 5.32 Å². The third-order valence-electron chi connectivity index (χ3n) is 2.83. The molecule has 0 spiro atoms. The van der Waals surface area contributed by atoms with Gasteiger partial charge in [-0.1, -0.05) is 32.0 Å². The maximum absolute atomic E-state index is 6.11. The number of benzene rings is 1. The average Bonchev–Trinajstić information content (AvgIpc) is 2.69. The van der Waals surface area contributed by atoms with Crippen molar-refractivity contribution in [2.24, 2.45) is 5.92 Å². The molecule has 0 atom stereocenters. The molecule has 3 nitrogen and oxygen atoms in total. The van der Waals surface area contributed by atoms with Crippen LogP contribution < -0.4 is 5.32 Å². The van der Waals surface area contributed by atoms with Crippen LogP contribution in [0.2, 0.25) is 5.22 Å². The van der Waals surface area contributed by atoms with Gasteiger partial charge in [-0.2, -0.15) is 0 Å². The fraction of sp³-hybridized carbons (Fsp3) is 0.467. The molecule has 0 radical (unpaired) electrons. The van der Waals surface area contributed by atoms with Gasteiger partial charge in [0.2, 0.25) is 0 Å². The van der Waals surface area contributed by atoms with Crippen molar-refractivity contribution < 1.29 is 9.15 Å². The lowest BCUT2D eigenvalue weighted by atomic mass is 10.2. The molecule has 0 aliphatic carbocycles. The molecular formula is C15H20ClNO2. The average molecular weight is 282 g/mol. The van der Waals surface area contributed by atoms with Crippen LogP contribution in [-0.2, 0) is 11.3 Å². The molecule has 1 N–H and O–H groups in total. The molecule has 0 saturated carbocycles. The van der Waals surface area contributed by atoms with Crippen molar-refractivity contribution in [1.29, 1.82) is 0 Å². The number of furan rings is 1. The molecule has 4 heteroatoms. The summed E-state index contributed by atoms with van der Waals surface area (Å²) in [6.45, 7) is 7.31. The van der Waals surface area contributed by atoms with Crippen LogP contribution in [0.25, 0.3) is 11.0 Å². The van der Waals surface area contributed by atoms with E-state index in [1.54, 1.807) is 0 Å². The Kier molecular flexibility index (Phi) is 5.25. The summed E-state index contributed by atoms with van der Waals surface area (Å²) in [6, 6.07) is 7.88. The lowest BCUT2D eigenvalue weighted by Crippen LogP contribution is -2.20. The highest BCUT2D eigenvalue weighted by Crippen LogP contribution is 2.29. The molecule has 0 aliphatic heterocycles. The molecule has 0 bridgehead atoms. The number of halogens is 1. The first-order chi connectivity index (χ1) is 9.18. The Bertz CT molecular complexity index is 522. The summed E-state index contributed by atoms with van der Waals surface area (Å²) in [5.41, 5.74) is 1.85. The maximum atomic E-state index is 6.11. The van der Waals surface area contributed by atoms with Crippen LogP contribution in [0.3, 0.4) is 0 Å². The number of fused-ring (bicyclic) bond motifs is 1. The van der Waals surface area contributed by atoms with Crippen molar-refractivity contribution >= 4 is 22.6 Å². The van der Waals surface area contributed by atoms with Gasteiger partial charge < -0.3 is 14.5 Å². The van der Waals surface area contributed by atoms with Crippen molar-refractivity contribution in [3.63, 3.8) is 0 Å². The Labute approximate surface area is 118 Å². The highest BCUT2D eigenvalue weighted by molar-refractivity contribution is 6.30. The smallest absolute Gasteiger partial charge is 0.199 e. The van der Waals surface area contributed by atoms with E-state index in [1.165, 1.54) is 0 Å². The monoisotopic (exact) mass is 281 g/mol. The van der Waals surface area contributed by atoms with E-state index in [4.69, 9.17) is 20.8 Å². The lowest BCUT2D eigenvalue weighted by molar-refractivity contribution is 0.111. The van der Waals surface area contributed by atoms with E-state index in [1.807, 2.05) is 24.3 Å². The second-order valence-corrected chi connectivity index (χ2v) is 5.34. The van der Waals surface area contributed by atoms with Crippen molar-refractivity contribution in [3.05, 3.63) is 35.0 Å². The number of rotatable bonds is 7. The van der Waals surface area contributed by atoms with Crippen LogP contribution >= 0.6 is 11.6 Å².